The van der Waals surface area contributed by atoms with Gasteiger partial charge in [0.2, 0.25) is 0 Å². The topological polar surface area (TPSA) is 21.3 Å². The van der Waals surface area contributed by atoms with E-state index in [9.17, 15) is 0 Å². The van der Waals surface area contributed by atoms with E-state index in [1.165, 1.54) is 4.88 Å². The summed E-state index contributed by atoms with van der Waals surface area (Å²) in [6, 6.07) is 8.52. The van der Waals surface area contributed by atoms with Gasteiger partial charge in [-0.1, -0.05) is 22.0 Å². The highest BCUT2D eigenvalue weighted by molar-refractivity contribution is 9.11. The van der Waals surface area contributed by atoms with Crippen LogP contribution in [0, 0.1) is 0 Å². The van der Waals surface area contributed by atoms with E-state index >= 15 is 0 Å². The molecule has 0 amide bonds. The van der Waals surface area contributed by atoms with Crippen LogP contribution in [0.4, 0.5) is 0 Å². The first-order valence-corrected chi connectivity index (χ1v) is 9.38. The normalized spacial score (nSPS) is 12.4. The highest BCUT2D eigenvalue weighted by Crippen LogP contribution is 2.36. The average molecular weight is 484 g/mol. The van der Waals surface area contributed by atoms with Crippen LogP contribution in [0.5, 0.6) is 5.75 Å². The number of hydrogen-bond acceptors (Lipinski definition) is 3. The highest BCUT2D eigenvalue weighted by Gasteiger charge is 2.09. The third-order valence-corrected chi connectivity index (χ3v) is 5.42. The summed E-state index contributed by atoms with van der Waals surface area (Å²) in [7, 11) is 0. The van der Waals surface area contributed by atoms with Crippen molar-refractivity contribution in [2.75, 3.05) is 13.2 Å². The Hall–Kier alpha value is 0.120. The van der Waals surface area contributed by atoms with Crippen LogP contribution < -0.4 is 10.1 Å². The van der Waals surface area contributed by atoms with E-state index in [4.69, 9.17) is 4.74 Å². The van der Waals surface area contributed by atoms with Crippen molar-refractivity contribution in [1.82, 2.24) is 5.32 Å². The van der Waals surface area contributed by atoms with E-state index in [0.29, 0.717) is 12.6 Å². The number of nitrogens with one attached hydrogen (secondary N) is 1. The molecule has 108 valence electrons. The second-order valence-corrected chi connectivity index (χ2v) is 7.84. The summed E-state index contributed by atoms with van der Waals surface area (Å²) in [5, 5.41) is 5.55. The second-order valence-electron chi connectivity index (χ2n) is 4.24. The lowest BCUT2D eigenvalue weighted by Crippen LogP contribution is -2.23. The van der Waals surface area contributed by atoms with E-state index in [-0.39, 0.29) is 0 Å². The van der Waals surface area contributed by atoms with Crippen LogP contribution in [-0.2, 0) is 0 Å². The Morgan fingerprint density at radius 1 is 1.25 bits per heavy atom. The zero-order chi connectivity index (χ0) is 14.5. The fourth-order valence-electron chi connectivity index (χ4n) is 1.73. The molecule has 0 aliphatic heterocycles. The van der Waals surface area contributed by atoms with E-state index in [2.05, 4.69) is 77.5 Å². The maximum Gasteiger partial charge on any atom is 0.147 e. The minimum atomic E-state index is 0.357. The molecule has 2 nitrogen and oxygen atoms in total. The lowest BCUT2D eigenvalue weighted by atomic mass is 10.3. The van der Waals surface area contributed by atoms with Gasteiger partial charge in [-0.05, 0) is 62.4 Å². The summed E-state index contributed by atoms with van der Waals surface area (Å²) >= 11 is 12.2. The van der Waals surface area contributed by atoms with E-state index in [1.54, 1.807) is 11.3 Å². The van der Waals surface area contributed by atoms with Crippen molar-refractivity contribution in [2.45, 2.75) is 13.0 Å². The maximum absolute atomic E-state index is 5.82. The molecular weight excluding hydrogens is 470 g/mol. The van der Waals surface area contributed by atoms with Gasteiger partial charge in [-0.25, -0.2) is 0 Å². The second kappa shape index (κ2) is 7.94. The monoisotopic (exact) mass is 481 g/mol. The van der Waals surface area contributed by atoms with Crippen LogP contribution in [0.3, 0.4) is 0 Å². The van der Waals surface area contributed by atoms with Crippen LogP contribution in [0.25, 0.3) is 0 Å². The van der Waals surface area contributed by atoms with Crippen LogP contribution in [0.2, 0.25) is 0 Å². The Kier molecular flexibility index (Phi) is 6.55. The molecule has 0 spiro atoms. The summed E-state index contributed by atoms with van der Waals surface area (Å²) in [6.45, 7) is 3.58. The number of ether oxygens (including phenoxy) is 1. The smallest absolute Gasteiger partial charge is 0.147 e. The molecular formula is C14H14Br3NOS. The Morgan fingerprint density at radius 2 is 1.95 bits per heavy atom. The zero-order valence-corrected chi connectivity index (χ0v) is 16.4. The minimum absolute atomic E-state index is 0.357. The zero-order valence-electron chi connectivity index (χ0n) is 10.8. The molecule has 0 saturated heterocycles. The van der Waals surface area contributed by atoms with Gasteiger partial charge < -0.3 is 10.1 Å². The first kappa shape index (κ1) is 16.5. The van der Waals surface area contributed by atoms with Crippen molar-refractivity contribution in [3.63, 3.8) is 0 Å². The van der Waals surface area contributed by atoms with E-state index in [0.717, 1.165) is 25.7 Å². The maximum atomic E-state index is 5.82. The van der Waals surface area contributed by atoms with Gasteiger partial charge in [0.25, 0.3) is 0 Å². The molecule has 0 radical (unpaired) electrons. The van der Waals surface area contributed by atoms with Crippen molar-refractivity contribution in [3.05, 3.63) is 47.9 Å². The molecule has 1 aromatic heterocycles. The predicted molar refractivity (Wildman–Crippen MR) is 95.8 cm³/mol. The molecule has 2 aromatic rings. The number of thiophene rings is 1. The quantitative estimate of drug-likeness (QED) is 0.527. The van der Waals surface area contributed by atoms with Gasteiger partial charge in [0, 0.05) is 21.9 Å². The predicted octanol–water partition coefficient (Wildman–Crippen LogP) is 5.77. The minimum Gasteiger partial charge on any atom is -0.490 e. The third-order valence-electron chi connectivity index (χ3n) is 2.73. The summed E-state index contributed by atoms with van der Waals surface area (Å²) in [5.74, 6) is 0.832. The first-order chi connectivity index (χ1) is 9.58. The van der Waals surface area contributed by atoms with Gasteiger partial charge in [-0.15, -0.1) is 11.3 Å². The van der Waals surface area contributed by atoms with Crippen LogP contribution >= 0.6 is 59.1 Å². The van der Waals surface area contributed by atoms with Gasteiger partial charge in [0.1, 0.15) is 12.4 Å². The summed E-state index contributed by atoms with van der Waals surface area (Å²) < 4.78 is 8.69. The number of benzene rings is 1. The molecule has 2 rings (SSSR count). The fourth-order valence-corrected chi connectivity index (χ4v) is 4.98. The molecule has 1 N–H and O–H groups in total. The summed E-state index contributed by atoms with van der Waals surface area (Å²) in [5.41, 5.74) is 0. The SMILES string of the molecule is CC(NCCOc1c(Br)cc(Br)cc1Br)c1cccs1. The number of rotatable bonds is 6. The summed E-state index contributed by atoms with van der Waals surface area (Å²) in [6.07, 6.45) is 0. The van der Waals surface area contributed by atoms with Gasteiger partial charge in [0.15, 0.2) is 0 Å². The van der Waals surface area contributed by atoms with E-state index < -0.39 is 0 Å². The van der Waals surface area contributed by atoms with Crippen molar-refractivity contribution >= 4 is 59.1 Å². The average Bonchev–Trinajstić information content (AvgIpc) is 2.90. The van der Waals surface area contributed by atoms with Gasteiger partial charge >= 0.3 is 0 Å². The Bertz CT molecular complexity index is 537. The van der Waals surface area contributed by atoms with Crippen LogP contribution in [0.15, 0.2) is 43.1 Å². The molecule has 0 fully saturated rings. The molecule has 20 heavy (non-hydrogen) atoms. The molecule has 0 saturated carbocycles. The molecule has 1 aromatic carbocycles. The van der Waals surface area contributed by atoms with E-state index in [1.807, 2.05) is 12.1 Å². The van der Waals surface area contributed by atoms with Gasteiger partial charge in [0.05, 0.1) is 8.95 Å². The number of halogens is 3. The van der Waals surface area contributed by atoms with Crippen molar-refractivity contribution in [1.29, 1.82) is 0 Å². The van der Waals surface area contributed by atoms with Crippen LogP contribution in [0.1, 0.15) is 17.8 Å². The van der Waals surface area contributed by atoms with Crippen molar-refractivity contribution in [2.24, 2.45) is 0 Å². The molecule has 0 aliphatic rings. The largest absolute Gasteiger partial charge is 0.490 e. The molecule has 0 bridgehead atoms. The van der Waals surface area contributed by atoms with Gasteiger partial charge in [-0.3, -0.25) is 0 Å². The lowest BCUT2D eigenvalue weighted by molar-refractivity contribution is 0.304. The standard InChI is InChI=1S/C14H14Br3NOS/c1-9(13-3-2-6-20-13)18-4-5-19-14-11(16)7-10(15)8-12(14)17/h2-3,6-9,18H,4-5H2,1H3. The van der Waals surface area contributed by atoms with Crippen molar-refractivity contribution in [3.8, 4) is 5.75 Å². The molecule has 0 aliphatic carbocycles. The van der Waals surface area contributed by atoms with Gasteiger partial charge in [-0.2, -0.15) is 0 Å². The molecule has 1 heterocycles. The number of hydrogen-bond donors (Lipinski definition) is 1. The highest BCUT2D eigenvalue weighted by atomic mass is 79.9. The van der Waals surface area contributed by atoms with Crippen molar-refractivity contribution < 1.29 is 4.74 Å². The summed E-state index contributed by atoms with van der Waals surface area (Å²) in [4.78, 5) is 1.34. The molecule has 6 heteroatoms. The Labute approximate surface area is 148 Å². The lowest BCUT2D eigenvalue weighted by Gasteiger charge is -2.14. The molecule has 1 atom stereocenters. The Balaban J connectivity index is 1.82. The molecule has 1 unspecified atom stereocenters. The first-order valence-electron chi connectivity index (χ1n) is 6.12. The fraction of sp³-hybridized carbons (Fsp3) is 0.286. The van der Waals surface area contributed by atoms with Crippen LogP contribution in [-0.4, -0.2) is 13.2 Å². The third kappa shape index (κ3) is 4.56. The Morgan fingerprint density at radius 3 is 2.55 bits per heavy atom.